The summed E-state index contributed by atoms with van der Waals surface area (Å²) in [6.45, 7) is 6.35. The monoisotopic (exact) mass is 293 g/mol. The quantitative estimate of drug-likeness (QED) is 0.699. The van der Waals surface area contributed by atoms with Gasteiger partial charge in [-0.1, -0.05) is 38.8 Å². The molecule has 1 aromatic rings. The molecule has 4 heteroatoms. The molecule has 0 amide bonds. The highest BCUT2D eigenvalue weighted by Gasteiger charge is 2.38. The molecule has 0 fully saturated rings. The summed E-state index contributed by atoms with van der Waals surface area (Å²) in [5.74, 6) is 0.544. The molecule has 0 aliphatic carbocycles. The highest BCUT2D eigenvalue weighted by atomic mass is 16.5. The molecular weight excluding hydrogens is 266 g/mol. The first-order chi connectivity index (χ1) is 10.1. The normalized spacial score (nSPS) is 13.3. The van der Waals surface area contributed by atoms with Crippen molar-refractivity contribution in [3.8, 4) is 5.75 Å². The molecule has 4 nitrogen and oxygen atoms in total. The number of benzene rings is 1. The van der Waals surface area contributed by atoms with Gasteiger partial charge in [0.05, 0.1) is 19.4 Å². The van der Waals surface area contributed by atoms with Gasteiger partial charge in [0.25, 0.3) is 0 Å². The third-order valence-electron chi connectivity index (χ3n) is 3.71. The number of esters is 1. The smallest absolute Gasteiger partial charge is 0.331 e. The molecule has 0 saturated heterocycles. The first kappa shape index (κ1) is 17.3. The van der Waals surface area contributed by atoms with Crippen molar-refractivity contribution in [2.24, 2.45) is 0 Å². The van der Waals surface area contributed by atoms with E-state index in [9.17, 15) is 4.79 Å². The molecule has 0 saturated carbocycles. The SMILES string of the molecule is CCCCC(CC)(Nc1ccccc1OC)C(=O)OCC. The van der Waals surface area contributed by atoms with Crippen LogP contribution in [0.1, 0.15) is 46.5 Å². The van der Waals surface area contributed by atoms with Crippen LogP contribution >= 0.6 is 0 Å². The Labute approximate surface area is 127 Å². The Morgan fingerprint density at radius 3 is 2.52 bits per heavy atom. The number of nitrogens with one attached hydrogen (secondary N) is 1. The van der Waals surface area contributed by atoms with Gasteiger partial charge in [0, 0.05) is 0 Å². The largest absolute Gasteiger partial charge is 0.495 e. The maximum Gasteiger partial charge on any atom is 0.331 e. The molecule has 0 aliphatic heterocycles. The van der Waals surface area contributed by atoms with E-state index in [0.29, 0.717) is 13.0 Å². The molecule has 1 N–H and O–H groups in total. The van der Waals surface area contributed by atoms with Gasteiger partial charge in [0.2, 0.25) is 0 Å². The van der Waals surface area contributed by atoms with Gasteiger partial charge in [0.15, 0.2) is 0 Å². The van der Waals surface area contributed by atoms with E-state index < -0.39 is 5.54 Å². The summed E-state index contributed by atoms with van der Waals surface area (Å²) in [7, 11) is 1.63. The van der Waals surface area contributed by atoms with E-state index in [1.165, 1.54) is 0 Å². The Morgan fingerprint density at radius 1 is 1.24 bits per heavy atom. The fourth-order valence-corrected chi connectivity index (χ4v) is 2.38. The van der Waals surface area contributed by atoms with Gasteiger partial charge >= 0.3 is 5.97 Å². The lowest BCUT2D eigenvalue weighted by Gasteiger charge is -2.33. The molecule has 0 aromatic heterocycles. The molecule has 0 bridgehead atoms. The van der Waals surface area contributed by atoms with Crippen LogP contribution in [0.2, 0.25) is 0 Å². The Hall–Kier alpha value is -1.71. The Morgan fingerprint density at radius 2 is 1.95 bits per heavy atom. The minimum atomic E-state index is -0.694. The summed E-state index contributed by atoms with van der Waals surface area (Å²) >= 11 is 0. The number of hydrogen-bond acceptors (Lipinski definition) is 4. The number of hydrogen-bond donors (Lipinski definition) is 1. The van der Waals surface area contributed by atoms with Crippen molar-refractivity contribution in [3.63, 3.8) is 0 Å². The van der Waals surface area contributed by atoms with Gasteiger partial charge in [-0.3, -0.25) is 0 Å². The van der Waals surface area contributed by atoms with Crippen molar-refractivity contribution in [2.45, 2.75) is 52.0 Å². The van der Waals surface area contributed by atoms with E-state index in [-0.39, 0.29) is 5.97 Å². The minimum Gasteiger partial charge on any atom is -0.495 e. The summed E-state index contributed by atoms with van der Waals surface area (Å²) in [4.78, 5) is 12.5. The van der Waals surface area contributed by atoms with Gasteiger partial charge in [-0.2, -0.15) is 0 Å². The van der Waals surface area contributed by atoms with Gasteiger partial charge in [0.1, 0.15) is 11.3 Å². The van der Waals surface area contributed by atoms with Crippen molar-refractivity contribution in [1.29, 1.82) is 0 Å². The lowest BCUT2D eigenvalue weighted by atomic mass is 9.89. The Bertz CT molecular complexity index is 447. The second kappa shape index (κ2) is 8.55. The van der Waals surface area contributed by atoms with Gasteiger partial charge in [-0.25, -0.2) is 4.79 Å². The number of ether oxygens (including phenoxy) is 2. The van der Waals surface area contributed by atoms with Crippen molar-refractivity contribution >= 4 is 11.7 Å². The van der Waals surface area contributed by atoms with Crippen LogP contribution in [0.25, 0.3) is 0 Å². The van der Waals surface area contributed by atoms with E-state index in [2.05, 4.69) is 12.2 Å². The predicted molar refractivity (Wildman–Crippen MR) is 85.8 cm³/mol. The Balaban J connectivity index is 3.07. The van der Waals surface area contributed by atoms with E-state index in [4.69, 9.17) is 9.47 Å². The fourth-order valence-electron chi connectivity index (χ4n) is 2.38. The van der Waals surface area contributed by atoms with E-state index in [1.54, 1.807) is 7.11 Å². The third kappa shape index (κ3) is 4.38. The zero-order valence-corrected chi connectivity index (χ0v) is 13.6. The lowest BCUT2D eigenvalue weighted by Crippen LogP contribution is -2.47. The number of anilines is 1. The molecule has 1 atom stereocenters. The van der Waals surface area contributed by atoms with Crippen molar-refractivity contribution in [2.75, 3.05) is 19.0 Å². The molecule has 1 rings (SSSR count). The van der Waals surface area contributed by atoms with Crippen LogP contribution in [-0.2, 0) is 9.53 Å². The molecule has 0 spiro atoms. The summed E-state index contributed by atoms with van der Waals surface area (Å²) in [6, 6.07) is 7.65. The summed E-state index contributed by atoms with van der Waals surface area (Å²) in [5.41, 5.74) is 0.131. The van der Waals surface area contributed by atoms with Gasteiger partial charge < -0.3 is 14.8 Å². The van der Waals surface area contributed by atoms with Gasteiger partial charge in [-0.15, -0.1) is 0 Å². The van der Waals surface area contributed by atoms with Crippen LogP contribution < -0.4 is 10.1 Å². The fraction of sp³-hybridized carbons (Fsp3) is 0.588. The third-order valence-corrected chi connectivity index (χ3v) is 3.71. The Kier molecular flexibility index (Phi) is 7.06. The zero-order valence-electron chi connectivity index (χ0n) is 13.6. The van der Waals surface area contributed by atoms with Crippen LogP contribution in [0.3, 0.4) is 0 Å². The molecule has 0 aliphatic rings. The second-order valence-electron chi connectivity index (χ2n) is 5.08. The summed E-state index contributed by atoms with van der Waals surface area (Å²) in [6.07, 6.45) is 3.42. The number of unbranched alkanes of at least 4 members (excludes halogenated alkanes) is 1. The predicted octanol–water partition coefficient (Wildman–Crippen LogP) is 4.01. The van der Waals surface area contributed by atoms with Crippen LogP contribution in [0.15, 0.2) is 24.3 Å². The molecule has 0 heterocycles. The number of para-hydroxylation sites is 2. The average molecular weight is 293 g/mol. The van der Waals surface area contributed by atoms with E-state index in [1.807, 2.05) is 38.1 Å². The first-order valence-corrected chi connectivity index (χ1v) is 7.72. The highest BCUT2D eigenvalue weighted by molar-refractivity contribution is 5.85. The zero-order chi connectivity index (χ0) is 15.7. The van der Waals surface area contributed by atoms with Crippen LogP contribution in [0.5, 0.6) is 5.75 Å². The standard InChI is InChI=1S/C17H27NO3/c1-5-8-13-17(6-2,16(19)21-7-3)18-14-11-9-10-12-15(14)20-4/h9-12,18H,5-8,13H2,1-4H3. The van der Waals surface area contributed by atoms with E-state index in [0.717, 1.165) is 30.7 Å². The summed E-state index contributed by atoms with van der Waals surface area (Å²) < 4.78 is 10.7. The lowest BCUT2D eigenvalue weighted by molar-refractivity contribution is -0.149. The molecule has 118 valence electrons. The minimum absolute atomic E-state index is 0.188. The van der Waals surface area contributed by atoms with Crippen molar-refractivity contribution < 1.29 is 14.3 Å². The van der Waals surface area contributed by atoms with Crippen LogP contribution in [0.4, 0.5) is 5.69 Å². The molecule has 1 unspecified atom stereocenters. The number of methoxy groups -OCH3 is 1. The van der Waals surface area contributed by atoms with Crippen molar-refractivity contribution in [3.05, 3.63) is 24.3 Å². The first-order valence-electron chi connectivity index (χ1n) is 7.72. The number of carbonyl (C=O) groups is 1. The van der Waals surface area contributed by atoms with Gasteiger partial charge in [-0.05, 0) is 31.9 Å². The molecule has 1 aromatic carbocycles. The topological polar surface area (TPSA) is 47.6 Å². The second-order valence-corrected chi connectivity index (χ2v) is 5.08. The molecule has 0 radical (unpaired) electrons. The summed E-state index contributed by atoms with van der Waals surface area (Å²) in [5, 5.41) is 3.38. The highest BCUT2D eigenvalue weighted by Crippen LogP contribution is 2.31. The number of rotatable bonds is 9. The maximum atomic E-state index is 12.5. The van der Waals surface area contributed by atoms with Crippen molar-refractivity contribution in [1.82, 2.24) is 0 Å². The number of carbonyl (C=O) groups excluding carboxylic acids is 1. The average Bonchev–Trinajstić information content (AvgIpc) is 2.52. The molecule has 21 heavy (non-hydrogen) atoms. The van der Waals surface area contributed by atoms with Crippen LogP contribution in [-0.4, -0.2) is 25.2 Å². The maximum absolute atomic E-state index is 12.5. The van der Waals surface area contributed by atoms with E-state index >= 15 is 0 Å². The van der Waals surface area contributed by atoms with Crippen LogP contribution in [0, 0.1) is 0 Å². The molecular formula is C17H27NO3.